The fourth-order valence-corrected chi connectivity index (χ4v) is 5.37. The van der Waals surface area contributed by atoms with Gasteiger partial charge in [0.05, 0.1) is 17.4 Å². The minimum absolute atomic E-state index is 0.0578. The van der Waals surface area contributed by atoms with Gasteiger partial charge in [-0.15, -0.1) is 0 Å². The van der Waals surface area contributed by atoms with Gasteiger partial charge in [0.2, 0.25) is 5.91 Å². The van der Waals surface area contributed by atoms with Crippen LogP contribution >= 0.6 is 0 Å². The van der Waals surface area contributed by atoms with Gasteiger partial charge in [0.25, 0.3) is 0 Å². The number of fused-ring (bicyclic) bond motifs is 2. The second-order valence-electron chi connectivity index (χ2n) is 10.9. The van der Waals surface area contributed by atoms with E-state index in [1.54, 1.807) is 20.8 Å². The molecule has 3 rings (SSSR count). The highest BCUT2D eigenvalue weighted by Gasteiger charge is 2.46. The topological polar surface area (TPSA) is 122 Å². The molecule has 3 aromatic carbocycles. The Balaban J connectivity index is 1.86. The van der Waals surface area contributed by atoms with Crippen LogP contribution in [0, 0.1) is 16.7 Å². The molecular weight excluding hydrogens is 498 g/mol. The largest absolute Gasteiger partial charge is 0.463 e. The van der Waals surface area contributed by atoms with Crippen molar-refractivity contribution in [3.8, 4) is 0 Å². The van der Waals surface area contributed by atoms with E-state index in [-0.39, 0.29) is 38.6 Å². The summed E-state index contributed by atoms with van der Waals surface area (Å²) in [7, 11) is 0. The number of carbonyl (C=O) groups is 3. The molecule has 0 aliphatic heterocycles. The number of hydrogen-bond acceptors (Lipinski definition) is 7. The van der Waals surface area contributed by atoms with E-state index in [1.807, 2.05) is 55.5 Å². The first kappa shape index (κ1) is 30.1. The SMILES string of the molecule is CCC(CC(C)(CC(C)(C)C(=O)OCc1c2ccccc2cc2ccccc12)C(=O)OCCO)C(=O)NCO. The first-order chi connectivity index (χ1) is 18.6. The van der Waals surface area contributed by atoms with E-state index >= 15 is 0 Å². The van der Waals surface area contributed by atoms with Crippen molar-refractivity contribution in [1.29, 1.82) is 0 Å². The highest BCUT2D eigenvalue weighted by atomic mass is 16.5. The van der Waals surface area contributed by atoms with Crippen molar-refractivity contribution < 1.29 is 34.1 Å². The molecular formula is C31H39NO7. The molecule has 0 aliphatic rings. The van der Waals surface area contributed by atoms with Crippen LogP contribution in [0.3, 0.4) is 0 Å². The lowest BCUT2D eigenvalue weighted by Crippen LogP contribution is -2.42. The number of esters is 2. The Hall–Kier alpha value is -3.49. The molecule has 8 heteroatoms. The summed E-state index contributed by atoms with van der Waals surface area (Å²) in [5.74, 6) is -2.05. The Labute approximate surface area is 229 Å². The highest BCUT2D eigenvalue weighted by Crippen LogP contribution is 2.42. The van der Waals surface area contributed by atoms with E-state index in [9.17, 15) is 19.5 Å². The molecule has 210 valence electrons. The smallest absolute Gasteiger partial charge is 0.311 e. The van der Waals surface area contributed by atoms with Gasteiger partial charge in [0, 0.05) is 11.5 Å². The molecule has 0 saturated heterocycles. The molecule has 39 heavy (non-hydrogen) atoms. The first-order valence-corrected chi connectivity index (χ1v) is 13.3. The number of carbonyl (C=O) groups excluding carboxylic acids is 3. The zero-order chi connectivity index (χ0) is 28.6. The summed E-state index contributed by atoms with van der Waals surface area (Å²) in [6, 6.07) is 18.0. The van der Waals surface area contributed by atoms with Gasteiger partial charge in [-0.05, 0) is 67.6 Å². The average Bonchev–Trinajstić information content (AvgIpc) is 2.92. The van der Waals surface area contributed by atoms with Crippen LogP contribution in [0.5, 0.6) is 0 Å². The molecule has 2 unspecified atom stereocenters. The first-order valence-electron chi connectivity index (χ1n) is 13.3. The van der Waals surface area contributed by atoms with Gasteiger partial charge in [-0.25, -0.2) is 0 Å². The number of hydrogen-bond donors (Lipinski definition) is 3. The van der Waals surface area contributed by atoms with Crippen LogP contribution in [-0.2, 0) is 30.5 Å². The maximum Gasteiger partial charge on any atom is 0.311 e. The fourth-order valence-electron chi connectivity index (χ4n) is 5.37. The molecule has 0 spiro atoms. The number of ether oxygens (including phenoxy) is 2. The van der Waals surface area contributed by atoms with Crippen LogP contribution in [0.25, 0.3) is 21.5 Å². The van der Waals surface area contributed by atoms with Crippen molar-refractivity contribution in [1.82, 2.24) is 5.32 Å². The summed E-state index contributed by atoms with van der Waals surface area (Å²) >= 11 is 0. The lowest BCUT2D eigenvalue weighted by atomic mass is 9.69. The van der Waals surface area contributed by atoms with Gasteiger partial charge in [-0.2, -0.15) is 0 Å². The number of aliphatic hydroxyl groups excluding tert-OH is 2. The van der Waals surface area contributed by atoms with Gasteiger partial charge in [-0.3, -0.25) is 14.4 Å². The Kier molecular flexibility index (Phi) is 10.1. The van der Waals surface area contributed by atoms with E-state index in [4.69, 9.17) is 14.6 Å². The Morgan fingerprint density at radius 2 is 1.49 bits per heavy atom. The summed E-state index contributed by atoms with van der Waals surface area (Å²) in [6.45, 7) is 5.92. The lowest BCUT2D eigenvalue weighted by Gasteiger charge is -2.36. The zero-order valence-electron chi connectivity index (χ0n) is 23.2. The summed E-state index contributed by atoms with van der Waals surface area (Å²) < 4.78 is 11.2. The molecule has 2 atom stereocenters. The quantitative estimate of drug-likeness (QED) is 0.167. The molecule has 3 N–H and O–H groups in total. The second kappa shape index (κ2) is 13.0. The highest BCUT2D eigenvalue weighted by molar-refractivity contribution is 6.02. The fraction of sp³-hybridized carbons (Fsp3) is 0.452. The van der Waals surface area contributed by atoms with E-state index in [0.29, 0.717) is 6.42 Å². The van der Waals surface area contributed by atoms with E-state index in [1.165, 1.54) is 0 Å². The van der Waals surface area contributed by atoms with Gasteiger partial charge < -0.3 is 25.0 Å². The molecule has 0 saturated carbocycles. The maximum absolute atomic E-state index is 13.5. The van der Waals surface area contributed by atoms with Crippen LogP contribution in [0.15, 0.2) is 54.6 Å². The second-order valence-corrected chi connectivity index (χ2v) is 10.9. The van der Waals surface area contributed by atoms with Crippen LogP contribution < -0.4 is 5.32 Å². The number of rotatable bonds is 13. The predicted octanol–water partition coefficient (Wildman–Crippen LogP) is 4.48. The van der Waals surface area contributed by atoms with Crippen LogP contribution in [0.1, 0.15) is 52.5 Å². The third-order valence-electron chi connectivity index (χ3n) is 7.25. The lowest BCUT2D eigenvalue weighted by molar-refractivity contribution is -0.165. The summed E-state index contributed by atoms with van der Waals surface area (Å²) in [6.07, 6.45) is 0.584. The van der Waals surface area contributed by atoms with Gasteiger partial charge in [-0.1, -0.05) is 55.5 Å². The van der Waals surface area contributed by atoms with Crippen molar-refractivity contribution in [2.45, 2.75) is 53.6 Å². The molecule has 8 nitrogen and oxygen atoms in total. The molecule has 0 heterocycles. The number of amides is 1. The van der Waals surface area contributed by atoms with E-state index < -0.39 is 35.4 Å². The molecule has 0 aliphatic carbocycles. The number of benzene rings is 3. The summed E-state index contributed by atoms with van der Waals surface area (Å²) in [5, 5.41) is 24.8. The summed E-state index contributed by atoms with van der Waals surface area (Å²) in [4.78, 5) is 39.2. The Bertz CT molecular complexity index is 1260. The van der Waals surface area contributed by atoms with Crippen molar-refractivity contribution in [2.24, 2.45) is 16.7 Å². The van der Waals surface area contributed by atoms with Crippen molar-refractivity contribution >= 4 is 39.4 Å². The summed E-state index contributed by atoms with van der Waals surface area (Å²) in [5.41, 5.74) is -1.42. The molecule has 1 amide bonds. The maximum atomic E-state index is 13.5. The van der Waals surface area contributed by atoms with Gasteiger partial charge in [0.15, 0.2) is 0 Å². The van der Waals surface area contributed by atoms with Crippen molar-refractivity contribution in [3.05, 3.63) is 60.2 Å². The number of aliphatic hydroxyl groups is 2. The third kappa shape index (κ3) is 7.13. The Morgan fingerprint density at radius 3 is 2.03 bits per heavy atom. The van der Waals surface area contributed by atoms with E-state index in [2.05, 4.69) is 11.4 Å². The van der Waals surface area contributed by atoms with Crippen LogP contribution in [-0.4, -0.2) is 48.0 Å². The normalized spacial score (nSPS) is 14.0. The van der Waals surface area contributed by atoms with E-state index in [0.717, 1.165) is 27.1 Å². The van der Waals surface area contributed by atoms with Gasteiger partial charge >= 0.3 is 11.9 Å². The standard InChI is InChI=1S/C31H39NO7/c1-5-21(27(35)32-20-34)17-31(4,29(37)38-15-14-33)19-30(2,3)28(36)39-18-26-24-12-8-6-10-22(24)16-23-11-7-9-13-25(23)26/h6-13,16,21,33-34H,5,14-15,17-20H2,1-4H3,(H,32,35). The average molecular weight is 538 g/mol. The molecule has 0 fully saturated rings. The van der Waals surface area contributed by atoms with Crippen LogP contribution in [0.2, 0.25) is 0 Å². The van der Waals surface area contributed by atoms with Crippen molar-refractivity contribution in [2.75, 3.05) is 19.9 Å². The number of nitrogens with one attached hydrogen (secondary N) is 1. The van der Waals surface area contributed by atoms with Crippen LogP contribution in [0.4, 0.5) is 0 Å². The predicted molar refractivity (Wildman–Crippen MR) is 149 cm³/mol. The Morgan fingerprint density at radius 1 is 0.897 bits per heavy atom. The molecule has 0 aromatic heterocycles. The van der Waals surface area contributed by atoms with Crippen molar-refractivity contribution in [3.63, 3.8) is 0 Å². The monoisotopic (exact) mass is 537 g/mol. The third-order valence-corrected chi connectivity index (χ3v) is 7.25. The zero-order valence-corrected chi connectivity index (χ0v) is 23.2. The minimum Gasteiger partial charge on any atom is -0.463 e. The van der Waals surface area contributed by atoms with Gasteiger partial charge in [0.1, 0.15) is 19.9 Å². The molecule has 3 aromatic rings. The minimum atomic E-state index is -1.22. The molecule has 0 radical (unpaired) electrons. The molecule has 0 bridgehead atoms.